The van der Waals surface area contributed by atoms with E-state index in [0.717, 1.165) is 22.1 Å². The van der Waals surface area contributed by atoms with E-state index in [0.29, 0.717) is 0 Å². The zero-order chi connectivity index (χ0) is 13.1. The summed E-state index contributed by atoms with van der Waals surface area (Å²) < 4.78 is 21.9. The van der Waals surface area contributed by atoms with Gasteiger partial charge in [0.15, 0.2) is 0 Å². The Kier molecular flexibility index (Phi) is 4.70. The Morgan fingerprint density at radius 3 is 1.82 bits per heavy atom. The van der Waals surface area contributed by atoms with Crippen molar-refractivity contribution in [3.05, 3.63) is 23.3 Å². The van der Waals surface area contributed by atoms with E-state index < -0.39 is 8.80 Å². The van der Waals surface area contributed by atoms with Crippen LogP contribution in [0.1, 0.15) is 11.1 Å². The highest BCUT2D eigenvalue weighted by atomic mass is 28.4. The quantitative estimate of drug-likeness (QED) is 0.746. The zero-order valence-corrected chi connectivity index (χ0v) is 12.3. The summed E-state index contributed by atoms with van der Waals surface area (Å²) in [5.41, 5.74) is 2.19. The predicted molar refractivity (Wildman–Crippen MR) is 68.9 cm³/mol. The van der Waals surface area contributed by atoms with Crippen molar-refractivity contribution >= 4 is 14.0 Å². The number of hydrogen-bond donors (Lipinski definition) is 0. The van der Waals surface area contributed by atoms with Crippen LogP contribution in [-0.4, -0.2) is 37.2 Å². The van der Waals surface area contributed by atoms with Gasteiger partial charge in [-0.2, -0.15) is 0 Å². The molecule has 0 spiro atoms. The molecule has 0 amide bonds. The third kappa shape index (κ3) is 2.52. The highest BCUT2D eigenvalue weighted by molar-refractivity contribution is 6.76. The molecular formula is C12H20O4Si. The molecule has 4 nitrogen and oxygen atoms in total. The minimum Gasteiger partial charge on any atom is -0.497 e. The molecule has 0 fully saturated rings. The molecule has 0 aliphatic carbocycles. The molecule has 0 atom stereocenters. The second kappa shape index (κ2) is 5.64. The molecule has 0 saturated carbocycles. The highest BCUT2D eigenvalue weighted by Gasteiger charge is 2.44. The van der Waals surface area contributed by atoms with Crippen molar-refractivity contribution in [2.24, 2.45) is 0 Å². The average molecular weight is 256 g/mol. The number of rotatable bonds is 5. The van der Waals surface area contributed by atoms with Crippen molar-refractivity contribution in [2.45, 2.75) is 13.8 Å². The van der Waals surface area contributed by atoms with Crippen molar-refractivity contribution in [3.8, 4) is 5.75 Å². The molecule has 96 valence electrons. The molecule has 0 aliphatic rings. The lowest BCUT2D eigenvalue weighted by atomic mass is 10.1. The first-order valence-corrected chi connectivity index (χ1v) is 7.08. The van der Waals surface area contributed by atoms with Gasteiger partial charge in [0.25, 0.3) is 0 Å². The molecular weight excluding hydrogens is 236 g/mol. The van der Waals surface area contributed by atoms with Crippen molar-refractivity contribution in [2.75, 3.05) is 28.4 Å². The Morgan fingerprint density at radius 2 is 1.41 bits per heavy atom. The fourth-order valence-corrected chi connectivity index (χ4v) is 4.18. The lowest BCUT2D eigenvalue weighted by Gasteiger charge is -2.27. The molecule has 0 radical (unpaired) electrons. The van der Waals surface area contributed by atoms with Crippen LogP contribution >= 0.6 is 0 Å². The van der Waals surface area contributed by atoms with Crippen LogP contribution in [-0.2, 0) is 13.3 Å². The van der Waals surface area contributed by atoms with Crippen LogP contribution in [0, 0.1) is 13.8 Å². The zero-order valence-electron chi connectivity index (χ0n) is 11.3. The lowest BCUT2D eigenvalue weighted by molar-refractivity contribution is 0.139. The van der Waals surface area contributed by atoms with Gasteiger partial charge >= 0.3 is 8.80 Å². The molecule has 0 saturated heterocycles. The lowest BCUT2D eigenvalue weighted by Crippen LogP contribution is -2.56. The topological polar surface area (TPSA) is 36.9 Å². The van der Waals surface area contributed by atoms with Crippen LogP contribution < -0.4 is 9.92 Å². The fourth-order valence-electron chi connectivity index (χ4n) is 2.04. The normalized spacial score (nSPS) is 11.6. The van der Waals surface area contributed by atoms with Gasteiger partial charge in [0.1, 0.15) is 5.75 Å². The summed E-state index contributed by atoms with van der Waals surface area (Å²) in [5.74, 6) is 0.750. The number of methoxy groups -OCH3 is 1. The number of benzene rings is 1. The van der Waals surface area contributed by atoms with Gasteiger partial charge in [-0.05, 0) is 31.0 Å². The summed E-state index contributed by atoms with van der Waals surface area (Å²) in [4.78, 5) is 0. The van der Waals surface area contributed by atoms with Crippen molar-refractivity contribution < 1.29 is 18.0 Å². The Balaban J connectivity index is 3.46. The first-order chi connectivity index (χ1) is 8.04. The Labute approximate surface area is 104 Å². The fraction of sp³-hybridized carbons (Fsp3) is 0.500. The van der Waals surface area contributed by atoms with Gasteiger partial charge in [0, 0.05) is 21.3 Å². The van der Waals surface area contributed by atoms with Crippen LogP contribution in [0.2, 0.25) is 0 Å². The van der Waals surface area contributed by atoms with E-state index in [4.69, 9.17) is 18.0 Å². The number of aryl methyl sites for hydroxylation is 2. The minimum atomic E-state index is -2.85. The minimum absolute atomic E-state index is 0.750. The van der Waals surface area contributed by atoms with Crippen molar-refractivity contribution in [1.29, 1.82) is 0 Å². The second-order valence-electron chi connectivity index (χ2n) is 3.83. The van der Waals surface area contributed by atoms with E-state index >= 15 is 0 Å². The van der Waals surface area contributed by atoms with E-state index in [1.165, 1.54) is 0 Å². The van der Waals surface area contributed by atoms with Crippen LogP contribution in [0.3, 0.4) is 0 Å². The van der Waals surface area contributed by atoms with Crippen molar-refractivity contribution in [1.82, 2.24) is 0 Å². The highest BCUT2D eigenvalue weighted by Crippen LogP contribution is 2.20. The van der Waals surface area contributed by atoms with E-state index in [-0.39, 0.29) is 0 Å². The summed E-state index contributed by atoms with van der Waals surface area (Å²) >= 11 is 0. The Bertz CT molecular complexity index is 380. The average Bonchev–Trinajstić information content (AvgIpc) is 2.33. The van der Waals surface area contributed by atoms with E-state index in [2.05, 4.69) is 6.07 Å². The molecule has 1 aromatic carbocycles. The Hall–Kier alpha value is -0.883. The molecule has 0 unspecified atom stereocenters. The van der Waals surface area contributed by atoms with Gasteiger partial charge in [-0.1, -0.05) is 6.07 Å². The molecule has 17 heavy (non-hydrogen) atoms. The van der Waals surface area contributed by atoms with Gasteiger partial charge < -0.3 is 18.0 Å². The second-order valence-corrected chi connectivity index (χ2v) is 6.66. The van der Waals surface area contributed by atoms with Gasteiger partial charge in [-0.3, -0.25) is 0 Å². The standard InChI is InChI=1S/C12H20O4Si/c1-9-7-10(2)12(11(8-9)13-3)17(14-4,15-5)16-6/h7-8H,1-6H3. The molecule has 0 aromatic heterocycles. The Morgan fingerprint density at radius 1 is 0.882 bits per heavy atom. The van der Waals surface area contributed by atoms with Gasteiger partial charge in [0.05, 0.1) is 12.3 Å². The predicted octanol–water partition coefficient (Wildman–Crippen LogP) is 1.40. The monoisotopic (exact) mass is 256 g/mol. The maximum absolute atomic E-state index is 5.50. The molecule has 5 heteroatoms. The molecule has 1 aromatic rings. The van der Waals surface area contributed by atoms with E-state index in [9.17, 15) is 0 Å². The summed E-state index contributed by atoms with van der Waals surface area (Å²) in [6, 6.07) is 4.03. The maximum Gasteiger partial charge on any atom is 0.540 e. The van der Waals surface area contributed by atoms with Crippen molar-refractivity contribution in [3.63, 3.8) is 0 Å². The van der Waals surface area contributed by atoms with Gasteiger partial charge in [-0.15, -0.1) is 0 Å². The molecule has 0 bridgehead atoms. The van der Waals surface area contributed by atoms with Crippen LogP contribution in [0.5, 0.6) is 5.75 Å². The SMILES string of the molecule is COc1cc(C)cc(C)c1[Si](OC)(OC)OC. The third-order valence-corrected chi connectivity index (χ3v) is 5.64. The summed E-state index contributed by atoms with van der Waals surface area (Å²) in [6.07, 6.45) is 0. The maximum atomic E-state index is 5.50. The first-order valence-electron chi connectivity index (χ1n) is 5.35. The van der Waals surface area contributed by atoms with E-state index in [1.807, 2.05) is 19.9 Å². The first kappa shape index (κ1) is 14.2. The largest absolute Gasteiger partial charge is 0.540 e. The van der Waals surface area contributed by atoms with Crippen LogP contribution in [0.4, 0.5) is 0 Å². The number of hydrogen-bond acceptors (Lipinski definition) is 4. The molecule has 0 N–H and O–H groups in total. The van der Waals surface area contributed by atoms with E-state index in [1.54, 1.807) is 28.4 Å². The number of ether oxygens (including phenoxy) is 1. The van der Waals surface area contributed by atoms with Crippen LogP contribution in [0.25, 0.3) is 0 Å². The summed E-state index contributed by atoms with van der Waals surface area (Å²) in [5, 5.41) is 0.887. The van der Waals surface area contributed by atoms with Crippen LogP contribution in [0.15, 0.2) is 12.1 Å². The summed E-state index contributed by atoms with van der Waals surface area (Å²) in [7, 11) is 3.57. The smallest absolute Gasteiger partial charge is 0.497 e. The summed E-state index contributed by atoms with van der Waals surface area (Å²) in [6.45, 7) is 4.03. The third-order valence-electron chi connectivity index (χ3n) is 2.78. The molecule has 1 rings (SSSR count). The van der Waals surface area contributed by atoms with Gasteiger partial charge in [0.2, 0.25) is 0 Å². The molecule has 0 aliphatic heterocycles. The van der Waals surface area contributed by atoms with Gasteiger partial charge in [-0.25, -0.2) is 0 Å². The molecule has 0 heterocycles.